The quantitative estimate of drug-likeness (QED) is 0.168. The van der Waals surface area contributed by atoms with E-state index in [-0.39, 0.29) is 5.41 Å². The third-order valence-corrected chi connectivity index (χ3v) is 9.02. The number of rotatable bonds is 0. The maximum Gasteiger partial charge on any atom is 0.0782 e. The summed E-state index contributed by atoms with van der Waals surface area (Å²) in [6.07, 6.45) is 1.97. The van der Waals surface area contributed by atoms with Gasteiger partial charge in [-0.15, -0.1) is 0 Å². The summed E-state index contributed by atoms with van der Waals surface area (Å²) in [5.74, 6) is 0. The van der Waals surface area contributed by atoms with E-state index >= 15 is 0 Å². The first-order chi connectivity index (χ1) is 22.8. The topological polar surface area (TPSA) is 6.48 Å². The Morgan fingerprint density at radius 1 is 0.391 bits per heavy atom. The van der Waals surface area contributed by atoms with Gasteiger partial charge in [0.15, 0.2) is 0 Å². The second kappa shape index (κ2) is 14.9. The molecular formula is C44H54N2. The van der Waals surface area contributed by atoms with E-state index in [4.69, 9.17) is 0 Å². The molecule has 0 radical (unpaired) electrons. The Morgan fingerprint density at radius 3 is 1.13 bits per heavy atom. The zero-order valence-corrected chi connectivity index (χ0v) is 30.1. The average Bonchev–Trinajstić information content (AvgIpc) is 3.16. The highest BCUT2D eigenvalue weighted by molar-refractivity contribution is 5.99. The van der Waals surface area contributed by atoms with Gasteiger partial charge in [-0.05, 0) is 56.6 Å². The number of benzene rings is 5. The molecule has 0 bridgehead atoms. The molecule has 240 valence electrons. The predicted molar refractivity (Wildman–Crippen MR) is 203 cm³/mol. The van der Waals surface area contributed by atoms with Gasteiger partial charge in [-0.2, -0.15) is 0 Å². The molecule has 0 fully saturated rings. The van der Waals surface area contributed by atoms with Gasteiger partial charge in [0.2, 0.25) is 0 Å². The Balaban J connectivity index is 0.000000442. The molecule has 0 atom stereocenters. The largest absolute Gasteiger partial charge is 0.344 e. The van der Waals surface area contributed by atoms with E-state index in [0.29, 0.717) is 0 Å². The minimum atomic E-state index is -0.364. The molecular weight excluding hydrogens is 556 g/mol. The van der Waals surface area contributed by atoms with Gasteiger partial charge in [0.1, 0.15) is 0 Å². The van der Waals surface area contributed by atoms with Gasteiger partial charge in [-0.1, -0.05) is 160 Å². The lowest BCUT2D eigenvalue weighted by Crippen LogP contribution is -2.44. The number of nitrogens with zero attached hydrogens (tertiary/aromatic N) is 2. The third-order valence-electron chi connectivity index (χ3n) is 9.02. The van der Waals surface area contributed by atoms with Crippen LogP contribution in [0.2, 0.25) is 0 Å². The fourth-order valence-corrected chi connectivity index (χ4v) is 7.73. The van der Waals surface area contributed by atoms with Crippen molar-refractivity contribution in [3.63, 3.8) is 0 Å². The van der Waals surface area contributed by atoms with Crippen molar-refractivity contribution in [1.29, 1.82) is 0 Å². The molecule has 4 aliphatic rings. The van der Waals surface area contributed by atoms with E-state index in [2.05, 4.69) is 120 Å². The van der Waals surface area contributed by atoms with Crippen LogP contribution in [0.3, 0.4) is 0 Å². The summed E-state index contributed by atoms with van der Waals surface area (Å²) in [7, 11) is 2.21. The maximum absolute atomic E-state index is 2.63. The lowest BCUT2D eigenvalue weighted by molar-refractivity contribution is 0.706. The van der Waals surface area contributed by atoms with Gasteiger partial charge in [0, 0.05) is 31.3 Å². The highest BCUT2D eigenvalue weighted by Gasteiger charge is 2.53. The smallest absolute Gasteiger partial charge is 0.0782 e. The Morgan fingerprint density at radius 2 is 0.717 bits per heavy atom. The van der Waals surface area contributed by atoms with E-state index in [1.165, 1.54) is 72.9 Å². The van der Waals surface area contributed by atoms with Crippen LogP contribution in [0.1, 0.15) is 114 Å². The van der Waals surface area contributed by atoms with Crippen LogP contribution in [0.25, 0.3) is 0 Å². The molecule has 2 heteroatoms. The fourth-order valence-electron chi connectivity index (χ4n) is 7.73. The number of anilines is 5. The van der Waals surface area contributed by atoms with Gasteiger partial charge < -0.3 is 9.80 Å². The van der Waals surface area contributed by atoms with Crippen molar-refractivity contribution in [2.75, 3.05) is 16.8 Å². The van der Waals surface area contributed by atoms with E-state index < -0.39 is 0 Å². The highest BCUT2D eigenvalue weighted by atomic mass is 15.2. The molecule has 0 saturated carbocycles. The molecule has 4 aliphatic heterocycles. The first-order valence-electron chi connectivity index (χ1n) is 17.9. The number of fused-ring (bicyclic) bond motifs is 6. The second-order valence-corrected chi connectivity index (χ2v) is 10.6. The number of hydrogen-bond donors (Lipinski definition) is 0. The van der Waals surface area contributed by atoms with Crippen molar-refractivity contribution >= 4 is 28.4 Å². The van der Waals surface area contributed by atoms with Gasteiger partial charge in [-0.25, -0.2) is 0 Å². The Hall–Kier alpha value is -4.30. The molecule has 46 heavy (non-hydrogen) atoms. The zero-order valence-electron chi connectivity index (χ0n) is 30.1. The lowest BCUT2D eigenvalue weighted by atomic mass is 9.58. The molecule has 0 unspecified atom stereocenters. The van der Waals surface area contributed by atoms with Gasteiger partial charge in [0.05, 0.1) is 22.5 Å². The van der Waals surface area contributed by atoms with Gasteiger partial charge in [0.25, 0.3) is 0 Å². The molecule has 5 aromatic rings. The average molecular weight is 611 g/mol. The van der Waals surface area contributed by atoms with Crippen LogP contribution in [-0.2, 0) is 18.3 Å². The summed E-state index contributed by atoms with van der Waals surface area (Å²) in [6, 6.07) is 39.0. The summed E-state index contributed by atoms with van der Waals surface area (Å²) in [5, 5.41) is 0. The van der Waals surface area contributed by atoms with E-state index in [0.717, 1.165) is 12.8 Å². The molecule has 2 nitrogen and oxygen atoms in total. The Kier molecular flexibility index (Phi) is 11.2. The standard InChI is InChI=1S/C34H24N2.5C2H6/c1-35-29-17-4-2-13-25(29)34(26-14-3-5-18-30(26)35)27-15-7-11-23-19-21-9-6-10-22-20-24-12-8-16-28(34)33(24)36(31(21)22)32(23)27;5*1-2/h2-18H,19-20H2,1H3;5*1-2H3. The summed E-state index contributed by atoms with van der Waals surface area (Å²) >= 11 is 0. The van der Waals surface area contributed by atoms with Gasteiger partial charge in [-0.3, -0.25) is 0 Å². The Labute approximate surface area is 279 Å². The normalized spacial score (nSPS) is 13.5. The summed E-state index contributed by atoms with van der Waals surface area (Å²) in [4.78, 5) is 5.00. The van der Waals surface area contributed by atoms with Crippen LogP contribution in [0.15, 0.2) is 103 Å². The van der Waals surface area contributed by atoms with Crippen LogP contribution in [-0.4, -0.2) is 7.05 Å². The molecule has 0 saturated heterocycles. The highest BCUT2D eigenvalue weighted by Crippen LogP contribution is 2.66. The van der Waals surface area contributed by atoms with Crippen LogP contribution < -0.4 is 9.80 Å². The van der Waals surface area contributed by atoms with Crippen molar-refractivity contribution in [2.24, 2.45) is 0 Å². The molecule has 0 aromatic heterocycles. The van der Waals surface area contributed by atoms with Crippen LogP contribution in [0.5, 0.6) is 0 Å². The number of hydrogen-bond acceptors (Lipinski definition) is 2. The van der Waals surface area contributed by atoms with Crippen molar-refractivity contribution in [3.8, 4) is 0 Å². The minimum Gasteiger partial charge on any atom is -0.344 e. The zero-order chi connectivity index (χ0) is 33.6. The van der Waals surface area contributed by atoms with Crippen molar-refractivity contribution < 1.29 is 0 Å². The molecule has 0 aliphatic carbocycles. The van der Waals surface area contributed by atoms with E-state index in [9.17, 15) is 0 Å². The first-order valence-corrected chi connectivity index (χ1v) is 17.9. The minimum absolute atomic E-state index is 0.364. The summed E-state index contributed by atoms with van der Waals surface area (Å²) in [5.41, 5.74) is 17.7. The first kappa shape index (κ1) is 34.6. The molecule has 4 heterocycles. The van der Waals surface area contributed by atoms with E-state index in [1.807, 2.05) is 69.2 Å². The molecule has 1 spiro atoms. The molecule has 0 N–H and O–H groups in total. The third kappa shape index (κ3) is 4.77. The molecule has 9 rings (SSSR count). The van der Waals surface area contributed by atoms with Crippen molar-refractivity contribution in [1.82, 2.24) is 0 Å². The molecule has 0 amide bonds. The number of para-hydroxylation sites is 5. The predicted octanol–water partition coefficient (Wildman–Crippen LogP) is 12.9. The van der Waals surface area contributed by atoms with Crippen LogP contribution >= 0.6 is 0 Å². The maximum atomic E-state index is 2.63. The Bertz CT molecular complexity index is 1650. The van der Waals surface area contributed by atoms with Gasteiger partial charge >= 0.3 is 0 Å². The van der Waals surface area contributed by atoms with Crippen molar-refractivity contribution in [2.45, 2.75) is 87.5 Å². The van der Waals surface area contributed by atoms with Crippen LogP contribution in [0.4, 0.5) is 28.4 Å². The van der Waals surface area contributed by atoms with E-state index in [1.54, 1.807) is 0 Å². The summed E-state index contributed by atoms with van der Waals surface area (Å²) in [6.45, 7) is 20.0. The SMILES string of the molecule is CC.CC.CC.CC.CC.CN1c2ccccc2C2(c3ccccc31)c1cccc3c1N1c4c(cccc4Cc4cccc2c41)C3. The lowest BCUT2D eigenvalue weighted by Gasteiger charge is -2.54. The molecule has 5 aromatic carbocycles. The van der Waals surface area contributed by atoms with Crippen molar-refractivity contribution in [3.05, 3.63) is 148 Å². The fraction of sp³-hybridized carbons (Fsp3) is 0.318. The monoisotopic (exact) mass is 610 g/mol. The second-order valence-electron chi connectivity index (χ2n) is 10.6. The summed E-state index contributed by atoms with van der Waals surface area (Å²) < 4.78 is 0. The van der Waals surface area contributed by atoms with Crippen LogP contribution in [0, 0.1) is 0 Å².